The Morgan fingerprint density at radius 3 is 2.38 bits per heavy atom. The molecule has 1 N–H and O–H groups in total. The number of hydrogen-bond donors (Lipinski definition) is 1. The normalized spacial score (nSPS) is 11.6. The molecular weight excluding hydrogens is 198 g/mol. The van der Waals surface area contributed by atoms with Gasteiger partial charge in [0.2, 0.25) is 5.91 Å². The smallest absolute Gasteiger partial charge is 0.226 e. The van der Waals surface area contributed by atoms with E-state index in [1.165, 1.54) is 5.56 Å². The zero-order valence-electron chi connectivity index (χ0n) is 10.8. The van der Waals surface area contributed by atoms with Crippen LogP contribution >= 0.6 is 0 Å². The number of anilines is 1. The van der Waals surface area contributed by atoms with Gasteiger partial charge in [-0.25, -0.2) is 0 Å². The molecule has 0 radical (unpaired) electrons. The Morgan fingerprint density at radius 1 is 1.25 bits per heavy atom. The van der Waals surface area contributed by atoms with E-state index in [-0.39, 0.29) is 17.2 Å². The van der Waals surface area contributed by atoms with Crippen LogP contribution < -0.4 is 5.32 Å². The number of nitrogens with one attached hydrogen (secondary N) is 1. The van der Waals surface area contributed by atoms with Gasteiger partial charge >= 0.3 is 0 Å². The van der Waals surface area contributed by atoms with Crippen LogP contribution in [0.25, 0.3) is 0 Å². The molecule has 0 saturated heterocycles. The van der Waals surface area contributed by atoms with Crippen LogP contribution in [0, 0.1) is 5.92 Å². The third kappa shape index (κ3) is 3.37. The number of amides is 1. The van der Waals surface area contributed by atoms with Gasteiger partial charge in [0.15, 0.2) is 0 Å². The molecule has 1 rings (SSSR count). The quantitative estimate of drug-likeness (QED) is 0.809. The first-order chi connectivity index (χ1) is 7.30. The van der Waals surface area contributed by atoms with E-state index in [9.17, 15) is 4.79 Å². The van der Waals surface area contributed by atoms with Gasteiger partial charge < -0.3 is 5.32 Å². The summed E-state index contributed by atoms with van der Waals surface area (Å²) in [7, 11) is 0. The SMILES string of the molecule is CC(C)C(=O)Nc1cccc(C(C)(C)C)c1. The maximum absolute atomic E-state index is 11.6. The Kier molecular flexibility index (Phi) is 3.74. The molecule has 0 heterocycles. The molecule has 0 bridgehead atoms. The van der Waals surface area contributed by atoms with Gasteiger partial charge in [0.1, 0.15) is 0 Å². The lowest BCUT2D eigenvalue weighted by Gasteiger charge is -2.20. The highest BCUT2D eigenvalue weighted by molar-refractivity contribution is 5.92. The Balaban J connectivity index is 2.88. The Hall–Kier alpha value is -1.31. The van der Waals surface area contributed by atoms with E-state index >= 15 is 0 Å². The standard InChI is InChI=1S/C14H21NO/c1-10(2)13(16)15-12-8-6-7-11(9-12)14(3,4)5/h6-10H,1-5H3,(H,15,16). The summed E-state index contributed by atoms with van der Waals surface area (Å²) in [4.78, 5) is 11.6. The second-order valence-corrected chi connectivity index (χ2v) is 5.47. The van der Waals surface area contributed by atoms with Crippen LogP contribution in [0.5, 0.6) is 0 Å². The minimum Gasteiger partial charge on any atom is -0.326 e. The lowest BCUT2D eigenvalue weighted by Crippen LogP contribution is -2.18. The van der Waals surface area contributed by atoms with Gasteiger partial charge in [-0.3, -0.25) is 4.79 Å². The highest BCUT2D eigenvalue weighted by Gasteiger charge is 2.14. The summed E-state index contributed by atoms with van der Waals surface area (Å²) in [6, 6.07) is 8.04. The fourth-order valence-corrected chi connectivity index (χ4v) is 1.35. The molecule has 0 aliphatic rings. The Morgan fingerprint density at radius 2 is 1.88 bits per heavy atom. The summed E-state index contributed by atoms with van der Waals surface area (Å²) in [5.41, 5.74) is 2.22. The number of hydrogen-bond acceptors (Lipinski definition) is 1. The van der Waals surface area contributed by atoms with Crippen molar-refractivity contribution in [3.05, 3.63) is 29.8 Å². The number of benzene rings is 1. The van der Waals surface area contributed by atoms with E-state index in [0.717, 1.165) is 5.69 Å². The molecule has 0 fully saturated rings. The molecular formula is C14H21NO. The third-order valence-corrected chi connectivity index (χ3v) is 2.52. The van der Waals surface area contributed by atoms with E-state index in [4.69, 9.17) is 0 Å². The van der Waals surface area contributed by atoms with Crippen LogP contribution in [-0.4, -0.2) is 5.91 Å². The Bertz CT molecular complexity index is 375. The highest BCUT2D eigenvalue weighted by atomic mass is 16.1. The number of carbonyl (C=O) groups is 1. The van der Waals surface area contributed by atoms with Crippen molar-refractivity contribution >= 4 is 11.6 Å². The van der Waals surface area contributed by atoms with Gasteiger partial charge in [-0.2, -0.15) is 0 Å². The average molecular weight is 219 g/mol. The fraction of sp³-hybridized carbons (Fsp3) is 0.500. The minimum absolute atomic E-state index is 0.0123. The summed E-state index contributed by atoms with van der Waals surface area (Å²) in [5, 5.41) is 2.91. The van der Waals surface area contributed by atoms with Gasteiger partial charge in [-0.15, -0.1) is 0 Å². The van der Waals surface area contributed by atoms with Crippen molar-refractivity contribution in [2.24, 2.45) is 5.92 Å². The molecule has 0 spiro atoms. The van der Waals surface area contributed by atoms with Crippen molar-refractivity contribution in [1.29, 1.82) is 0 Å². The van der Waals surface area contributed by atoms with Gasteiger partial charge in [0.25, 0.3) is 0 Å². The van der Waals surface area contributed by atoms with Crippen molar-refractivity contribution < 1.29 is 4.79 Å². The van der Waals surface area contributed by atoms with Crippen LogP contribution in [0.3, 0.4) is 0 Å². The summed E-state index contributed by atoms with van der Waals surface area (Å²) in [6.07, 6.45) is 0. The predicted octanol–water partition coefficient (Wildman–Crippen LogP) is 3.58. The van der Waals surface area contributed by atoms with Crippen molar-refractivity contribution in [1.82, 2.24) is 0 Å². The predicted molar refractivity (Wildman–Crippen MR) is 68.6 cm³/mol. The highest BCUT2D eigenvalue weighted by Crippen LogP contribution is 2.24. The van der Waals surface area contributed by atoms with Crippen LogP contribution in [0.2, 0.25) is 0 Å². The molecule has 0 atom stereocenters. The summed E-state index contributed by atoms with van der Waals surface area (Å²) in [5.74, 6) is 0.0735. The maximum atomic E-state index is 11.6. The molecule has 1 amide bonds. The zero-order valence-corrected chi connectivity index (χ0v) is 10.8. The Labute approximate surface area is 98.1 Å². The topological polar surface area (TPSA) is 29.1 Å². The molecule has 0 unspecified atom stereocenters. The number of rotatable bonds is 2. The van der Waals surface area contributed by atoms with E-state index in [1.54, 1.807) is 0 Å². The summed E-state index contributed by atoms with van der Waals surface area (Å²) < 4.78 is 0. The van der Waals surface area contributed by atoms with Crippen molar-refractivity contribution in [2.45, 2.75) is 40.0 Å². The monoisotopic (exact) mass is 219 g/mol. The first-order valence-electron chi connectivity index (χ1n) is 5.72. The summed E-state index contributed by atoms with van der Waals surface area (Å²) >= 11 is 0. The largest absolute Gasteiger partial charge is 0.326 e. The van der Waals surface area contributed by atoms with E-state index < -0.39 is 0 Å². The van der Waals surface area contributed by atoms with Gasteiger partial charge in [-0.1, -0.05) is 46.8 Å². The van der Waals surface area contributed by atoms with E-state index in [2.05, 4.69) is 32.2 Å². The third-order valence-electron chi connectivity index (χ3n) is 2.52. The van der Waals surface area contributed by atoms with Crippen molar-refractivity contribution in [2.75, 3.05) is 5.32 Å². The lowest BCUT2D eigenvalue weighted by molar-refractivity contribution is -0.118. The first kappa shape index (κ1) is 12.8. The van der Waals surface area contributed by atoms with Crippen LogP contribution in [0.1, 0.15) is 40.2 Å². The first-order valence-corrected chi connectivity index (χ1v) is 5.72. The average Bonchev–Trinajstić information content (AvgIpc) is 2.16. The molecule has 88 valence electrons. The molecule has 16 heavy (non-hydrogen) atoms. The van der Waals surface area contributed by atoms with Gasteiger partial charge in [0, 0.05) is 11.6 Å². The van der Waals surface area contributed by atoms with Gasteiger partial charge in [0.05, 0.1) is 0 Å². The van der Waals surface area contributed by atoms with Gasteiger partial charge in [-0.05, 0) is 23.1 Å². The molecule has 1 aromatic rings. The zero-order chi connectivity index (χ0) is 12.3. The molecule has 0 saturated carbocycles. The number of carbonyl (C=O) groups excluding carboxylic acids is 1. The van der Waals surface area contributed by atoms with Crippen LogP contribution in [0.4, 0.5) is 5.69 Å². The maximum Gasteiger partial charge on any atom is 0.226 e. The second kappa shape index (κ2) is 4.69. The van der Waals surface area contributed by atoms with Crippen molar-refractivity contribution in [3.8, 4) is 0 Å². The van der Waals surface area contributed by atoms with E-state index in [0.29, 0.717) is 0 Å². The molecule has 0 aliphatic heterocycles. The molecule has 1 aromatic carbocycles. The van der Waals surface area contributed by atoms with Crippen LogP contribution in [-0.2, 0) is 10.2 Å². The van der Waals surface area contributed by atoms with E-state index in [1.807, 2.05) is 32.0 Å². The molecule has 2 heteroatoms. The van der Waals surface area contributed by atoms with Crippen molar-refractivity contribution in [3.63, 3.8) is 0 Å². The fourth-order valence-electron chi connectivity index (χ4n) is 1.35. The molecule has 2 nitrogen and oxygen atoms in total. The summed E-state index contributed by atoms with van der Waals surface area (Å²) in [6.45, 7) is 10.3. The molecule has 0 aromatic heterocycles. The lowest BCUT2D eigenvalue weighted by atomic mass is 9.87. The minimum atomic E-state index is 0.0123. The molecule has 0 aliphatic carbocycles. The van der Waals surface area contributed by atoms with Crippen LogP contribution in [0.15, 0.2) is 24.3 Å². The second-order valence-electron chi connectivity index (χ2n) is 5.47.